The van der Waals surface area contributed by atoms with Crippen molar-refractivity contribution in [2.24, 2.45) is 0 Å². The molecule has 7 nitrogen and oxygen atoms in total. The van der Waals surface area contributed by atoms with E-state index >= 15 is 0 Å². The van der Waals surface area contributed by atoms with Crippen LogP contribution in [0.1, 0.15) is 53.4 Å². The van der Waals surface area contributed by atoms with Gasteiger partial charge in [-0.05, 0) is 53.6 Å². The lowest BCUT2D eigenvalue weighted by Gasteiger charge is -2.31. The third-order valence-corrected chi connectivity index (χ3v) is 4.60. The normalized spacial score (nSPS) is 12.2. The first-order chi connectivity index (χ1) is 11.8. The lowest BCUT2D eigenvalue weighted by Crippen LogP contribution is -2.38. The van der Waals surface area contributed by atoms with Gasteiger partial charge in [-0.2, -0.15) is 9.97 Å². The lowest BCUT2D eigenvalue weighted by molar-refractivity contribution is 0.172. The average Bonchev–Trinajstić information content (AvgIpc) is 2.93. The van der Waals surface area contributed by atoms with E-state index in [-0.39, 0.29) is 11.5 Å². The Hall–Kier alpha value is -1.89. The second kappa shape index (κ2) is 8.47. The van der Waals surface area contributed by atoms with Gasteiger partial charge >= 0.3 is 0 Å². The second-order valence-corrected chi connectivity index (χ2v) is 7.62. The van der Waals surface area contributed by atoms with Gasteiger partial charge < -0.3 is 20.5 Å². The molecule has 0 spiro atoms. The first-order valence-electron chi connectivity index (χ1n) is 9.26. The van der Waals surface area contributed by atoms with Gasteiger partial charge in [0.1, 0.15) is 5.52 Å². The van der Waals surface area contributed by atoms with Crippen molar-refractivity contribution >= 4 is 22.9 Å². The maximum Gasteiger partial charge on any atom is 0.224 e. The number of hydrogen-bond donors (Lipinski definition) is 2. The standard InChI is InChI=1S/C18H33N7/c1-6-7-10-20-15-14-16(23-17(19)22-15)21-13-25(14)12-9-8-11-24(5)18(2,3)4/h13H,6-12H2,1-5H3,(H3,19,20,22,23). The highest BCUT2D eigenvalue weighted by molar-refractivity contribution is 5.84. The van der Waals surface area contributed by atoms with Crippen molar-refractivity contribution in [3.05, 3.63) is 6.33 Å². The van der Waals surface area contributed by atoms with Crippen LogP contribution in [0.4, 0.5) is 11.8 Å². The number of nitrogen functional groups attached to an aromatic ring is 1. The van der Waals surface area contributed by atoms with Crippen LogP contribution in [0, 0.1) is 0 Å². The van der Waals surface area contributed by atoms with Gasteiger partial charge in [-0.25, -0.2) is 4.98 Å². The molecule has 0 aromatic carbocycles. The van der Waals surface area contributed by atoms with Gasteiger partial charge in [-0.1, -0.05) is 13.3 Å². The quantitative estimate of drug-likeness (QED) is 0.678. The van der Waals surface area contributed by atoms with Crippen molar-refractivity contribution in [2.75, 3.05) is 31.2 Å². The maximum absolute atomic E-state index is 5.82. The summed E-state index contributed by atoms with van der Waals surface area (Å²) in [5.41, 5.74) is 7.65. The summed E-state index contributed by atoms with van der Waals surface area (Å²) in [4.78, 5) is 15.4. The van der Waals surface area contributed by atoms with Crippen LogP contribution < -0.4 is 11.1 Å². The second-order valence-electron chi connectivity index (χ2n) is 7.62. The van der Waals surface area contributed by atoms with E-state index in [2.05, 4.69) is 64.5 Å². The van der Waals surface area contributed by atoms with Crippen LogP contribution in [0.25, 0.3) is 11.2 Å². The van der Waals surface area contributed by atoms with E-state index in [1.807, 2.05) is 6.33 Å². The number of aromatic nitrogens is 4. The topological polar surface area (TPSA) is 84.9 Å². The lowest BCUT2D eigenvalue weighted by atomic mass is 10.1. The molecule has 0 aliphatic carbocycles. The molecule has 0 saturated heterocycles. The van der Waals surface area contributed by atoms with Crippen molar-refractivity contribution in [1.29, 1.82) is 0 Å². The number of rotatable bonds is 9. The van der Waals surface area contributed by atoms with Gasteiger partial charge in [0.05, 0.1) is 6.33 Å². The average molecular weight is 348 g/mol. The van der Waals surface area contributed by atoms with E-state index < -0.39 is 0 Å². The first kappa shape index (κ1) is 19.4. The smallest absolute Gasteiger partial charge is 0.224 e. The number of nitrogens with zero attached hydrogens (tertiary/aromatic N) is 5. The molecule has 2 rings (SSSR count). The van der Waals surface area contributed by atoms with Crippen LogP contribution in [0.2, 0.25) is 0 Å². The molecule has 0 fully saturated rings. The van der Waals surface area contributed by atoms with E-state index in [1.165, 1.54) is 0 Å². The van der Waals surface area contributed by atoms with Gasteiger partial charge in [0, 0.05) is 18.6 Å². The molecule has 0 unspecified atom stereocenters. The van der Waals surface area contributed by atoms with Gasteiger partial charge in [0.2, 0.25) is 5.95 Å². The number of unbranched alkanes of at least 4 members (excludes halogenated alkanes) is 2. The summed E-state index contributed by atoms with van der Waals surface area (Å²) in [6.07, 6.45) is 6.31. The molecule has 3 N–H and O–H groups in total. The maximum atomic E-state index is 5.82. The molecule has 2 aromatic heterocycles. The van der Waals surface area contributed by atoms with E-state index in [0.29, 0.717) is 5.65 Å². The molecule has 0 atom stereocenters. The Kier molecular flexibility index (Phi) is 6.58. The molecule has 25 heavy (non-hydrogen) atoms. The summed E-state index contributed by atoms with van der Waals surface area (Å²) in [5, 5.41) is 3.38. The summed E-state index contributed by atoms with van der Waals surface area (Å²) in [6, 6.07) is 0. The van der Waals surface area contributed by atoms with Crippen molar-refractivity contribution < 1.29 is 0 Å². The number of aryl methyl sites for hydroxylation is 1. The molecule has 140 valence electrons. The Morgan fingerprint density at radius 1 is 1.20 bits per heavy atom. The number of fused-ring (bicyclic) bond motifs is 1. The molecular formula is C18H33N7. The van der Waals surface area contributed by atoms with Crippen LogP contribution in [-0.2, 0) is 6.54 Å². The Morgan fingerprint density at radius 3 is 2.64 bits per heavy atom. The minimum absolute atomic E-state index is 0.212. The Bertz CT molecular complexity index is 672. The fourth-order valence-electron chi connectivity index (χ4n) is 2.64. The van der Waals surface area contributed by atoms with Crippen LogP contribution in [0.15, 0.2) is 6.33 Å². The predicted octanol–water partition coefficient (Wildman–Crippen LogP) is 3.13. The van der Waals surface area contributed by atoms with E-state index in [0.717, 1.165) is 56.7 Å². The predicted molar refractivity (Wildman–Crippen MR) is 105 cm³/mol. The fraction of sp³-hybridized carbons (Fsp3) is 0.722. The number of hydrogen-bond acceptors (Lipinski definition) is 6. The van der Waals surface area contributed by atoms with Crippen LogP contribution in [-0.4, -0.2) is 50.1 Å². The number of anilines is 2. The van der Waals surface area contributed by atoms with E-state index in [9.17, 15) is 0 Å². The molecule has 0 amide bonds. The molecule has 2 heterocycles. The summed E-state index contributed by atoms with van der Waals surface area (Å²) >= 11 is 0. The first-order valence-corrected chi connectivity index (χ1v) is 9.26. The summed E-state index contributed by atoms with van der Waals surface area (Å²) in [5.74, 6) is 1.06. The highest BCUT2D eigenvalue weighted by Crippen LogP contribution is 2.21. The van der Waals surface area contributed by atoms with Crippen LogP contribution >= 0.6 is 0 Å². The molecule has 2 aromatic rings. The van der Waals surface area contributed by atoms with E-state index in [1.54, 1.807) is 0 Å². The van der Waals surface area contributed by atoms with Gasteiger partial charge in [0.25, 0.3) is 0 Å². The minimum Gasteiger partial charge on any atom is -0.368 e. The molecule has 7 heteroatoms. The zero-order valence-corrected chi connectivity index (χ0v) is 16.3. The Labute approximate surface area is 151 Å². The largest absolute Gasteiger partial charge is 0.368 e. The van der Waals surface area contributed by atoms with Crippen LogP contribution in [0.3, 0.4) is 0 Å². The SMILES string of the molecule is CCCCNc1nc(N)nc2ncn(CCCCN(C)C(C)(C)C)c12. The number of imidazole rings is 1. The molecule has 0 aliphatic rings. The summed E-state index contributed by atoms with van der Waals surface area (Å²) in [6.45, 7) is 11.8. The molecule has 0 radical (unpaired) electrons. The zero-order chi connectivity index (χ0) is 18.4. The van der Waals surface area contributed by atoms with Crippen molar-refractivity contribution in [1.82, 2.24) is 24.4 Å². The number of nitrogens with one attached hydrogen (secondary N) is 1. The van der Waals surface area contributed by atoms with Crippen molar-refractivity contribution in [3.63, 3.8) is 0 Å². The van der Waals surface area contributed by atoms with E-state index in [4.69, 9.17) is 5.73 Å². The van der Waals surface area contributed by atoms with Gasteiger partial charge in [-0.3, -0.25) is 0 Å². The molecule has 0 bridgehead atoms. The highest BCUT2D eigenvalue weighted by atomic mass is 15.2. The Balaban J connectivity index is 2.03. The number of nitrogens with two attached hydrogens (primary N) is 1. The third kappa shape index (κ3) is 5.29. The third-order valence-electron chi connectivity index (χ3n) is 4.60. The highest BCUT2D eigenvalue weighted by Gasteiger charge is 2.16. The van der Waals surface area contributed by atoms with Gasteiger partial charge in [0.15, 0.2) is 11.5 Å². The Morgan fingerprint density at radius 2 is 1.96 bits per heavy atom. The monoisotopic (exact) mass is 347 g/mol. The van der Waals surface area contributed by atoms with Crippen molar-refractivity contribution in [3.8, 4) is 0 Å². The summed E-state index contributed by atoms with van der Waals surface area (Å²) < 4.78 is 2.14. The van der Waals surface area contributed by atoms with Crippen LogP contribution in [0.5, 0.6) is 0 Å². The van der Waals surface area contributed by atoms with Crippen molar-refractivity contribution in [2.45, 2.75) is 65.5 Å². The summed E-state index contributed by atoms with van der Waals surface area (Å²) in [7, 11) is 2.18. The molecule has 0 saturated carbocycles. The minimum atomic E-state index is 0.212. The molecular weight excluding hydrogens is 314 g/mol. The zero-order valence-electron chi connectivity index (χ0n) is 16.3. The fourth-order valence-corrected chi connectivity index (χ4v) is 2.64. The molecule has 0 aliphatic heterocycles. The van der Waals surface area contributed by atoms with Gasteiger partial charge in [-0.15, -0.1) is 0 Å².